The van der Waals surface area contributed by atoms with E-state index in [1.807, 2.05) is 0 Å². The van der Waals surface area contributed by atoms with Crippen LogP contribution in [0.4, 0.5) is 0 Å². The lowest BCUT2D eigenvalue weighted by molar-refractivity contribution is 0.0695. The Morgan fingerprint density at radius 3 is 2.24 bits per heavy atom. The fraction of sp³-hybridized carbons (Fsp3) is 0.545. The highest BCUT2D eigenvalue weighted by atomic mass is 79.9. The standard InChI is InChI=1S/C11H15Br2N3O3S2/c1-14(2)21(18,19)16-5-3-15(4-6-16)11(17)8-7-9(12)20-10(8)13/h7H,3-6H2,1-2H3. The van der Waals surface area contributed by atoms with Crippen molar-refractivity contribution in [3.63, 3.8) is 0 Å². The molecule has 21 heavy (non-hydrogen) atoms. The molecule has 6 nitrogen and oxygen atoms in total. The van der Waals surface area contributed by atoms with E-state index in [0.29, 0.717) is 31.7 Å². The molecule has 0 aliphatic carbocycles. The molecule has 1 fully saturated rings. The number of hydrogen-bond donors (Lipinski definition) is 0. The first-order valence-corrected chi connectivity index (χ1v) is 9.95. The Morgan fingerprint density at radius 2 is 1.81 bits per heavy atom. The first kappa shape index (κ1) is 17.4. The molecule has 0 N–H and O–H groups in total. The van der Waals surface area contributed by atoms with E-state index in [1.54, 1.807) is 11.0 Å². The van der Waals surface area contributed by atoms with Crippen molar-refractivity contribution in [2.75, 3.05) is 40.3 Å². The number of nitrogens with zero attached hydrogens (tertiary/aromatic N) is 3. The van der Waals surface area contributed by atoms with E-state index in [2.05, 4.69) is 31.9 Å². The summed E-state index contributed by atoms with van der Waals surface area (Å²) in [5.41, 5.74) is 0.607. The lowest BCUT2D eigenvalue weighted by Gasteiger charge is -2.35. The second-order valence-electron chi connectivity index (χ2n) is 4.72. The number of halogens is 2. The van der Waals surface area contributed by atoms with Crippen molar-refractivity contribution in [1.82, 2.24) is 13.5 Å². The van der Waals surface area contributed by atoms with Gasteiger partial charge in [-0.1, -0.05) is 0 Å². The van der Waals surface area contributed by atoms with E-state index in [1.165, 1.54) is 34.0 Å². The van der Waals surface area contributed by atoms with Gasteiger partial charge in [-0.15, -0.1) is 11.3 Å². The molecule has 0 radical (unpaired) electrons. The van der Waals surface area contributed by atoms with Crippen LogP contribution in [0, 0.1) is 0 Å². The quantitative estimate of drug-likeness (QED) is 0.691. The van der Waals surface area contributed by atoms with E-state index < -0.39 is 10.2 Å². The smallest absolute Gasteiger partial charge is 0.281 e. The number of thiophene rings is 1. The number of hydrogen-bond acceptors (Lipinski definition) is 4. The van der Waals surface area contributed by atoms with E-state index in [4.69, 9.17) is 0 Å². The summed E-state index contributed by atoms with van der Waals surface area (Å²) in [4.78, 5) is 14.1. The Morgan fingerprint density at radius 1 is 1.24 bits per heavy atom. The van der Waals surface area contributed by atoms with Crippen molar-refractivity contribution < 1.29 is 13.2 Å². The second kappa shape index (κ2) is 6.63. The largest absolute Gasteiger partial charge is 0.336 e. The van der Waals surface area contributed by atoms with Gasteiger partial charge in [0.25, 0.3) is 16.1 Å². The van der Waals surface area contributed by atoms with E-state index >= 15 is 0 Å². The molecule has 1 aromatic heterocycles. The number of carbonyl (C=O) groups excluding carboxylic acids is 1. The maximum atomic E-state index is 12.4. The van der Waals surface area contributed by atoms with E-state index in [9.17, 15) is 13.2 Å². The van der Waals surface area contributed by atoms with Crippen LogP contribution in [0.15, 0.2) is 13.6 Å². The Balaban J connectivity index is 2.05. The molecule has 1 aliphatic heterocycles. The molecule has 10 heteroatoms. The van der Waals surface area contributed by atoms with Gasteiger partial charge in [0.1, 0.15) is 0 Å². The van der Waals surface area contributed by atoms with Gasteiger partial charge in [-0.25, -0.2) is 0 Å². The summed E-state index contributed by atoms with van der Waals surface area (Å²) in [6.07, 6.45) is 0. The summed E-state index contributed by atoms with van der Waals surface area (Å²) in [6, 6.07) is 1.78. The van der Waals surface area contributed by atoms with Crippen LogP contribution in [-0.2, 0) is 10.2 Å². The van der Waals surface area contributed by atoms with Crippen LogP contribution in [0.3, 0.4) is 0 Å². The van der Waals surface area contributed by atoms with Gasteiger partial charge in [0.15, 0.2) is 0 Å². The Kier molecular flexibility index (Phi) is 5.48. The average molecular weight is 461 g/mol. The molecule has 0 atom stereocenters. The number of carbonyl (C=O) groups is 1. The minimum Gasteiger partial charge on any atom is -0.336 e. The molecule has 0 saturated carbocycles. The topological polar surface area (TPSA) is 60.9 Å². The maximum Gasteiger partial charge on any atom is 0.281 e. The average Bonchev–Trinajstić information content (AvgIpc) is 2.77. The van der Waals surface area contributed by atoms with Gasteiger partial charge in [0, 0.05) is 40.3 Å². The predicted octanol–water partition coefficient (Wildman–Crippen LogP) is 1.84. The molecule has 1 aromatic rings. The molecular formula is C11H15Br2N3O3S2. The Hall–Kier alpha value is -0.000000000000000333. The molecule has 2 heterocycles. The van der Waals surface area contributed by atoms with Crippen LogP contribution in [0.2, 0.25) is 0 Å². The monoisotopic (exact) mass is 459 g/mol. The molecule has 118 valence electrons. The SMILES string of the molecule is CN(C)S(=O)(=O)N1CCN(C(=O)c2cc(Br)sc2Br)CC1. The molecule has 1 aliphatic rings. The molecule has 1 saturated heterocycles. The maximum absolute atomic E-state index is 12.4. The first-order chi connectivity index (χ1) is 9.73. The Labute approximate surface area is 145 Å². The summed E-state index contributed by atoms with van der Waals surface area (Å²) < 4.78 is 28.3. The van der Waals surface area contributed by atoms with Gasteiger partial charge in [0.2, 0.25) is 0 Å². The van der Waals surface area contributed by atoms with Crippen molar-refractivity contribution in [2.45, 2.75) is 0 Å². The van der Waals surface area contributed by atoms with Crippen LogP contribution >= 0.6 is 43.2 Å². The van der Waals surface area contributed by atoms with Crippen LogP contribution in [0.5, 0.6) is 0 Å². The zero-order chi connectivity index (χ0) is 15.8. The fourth-order valence-electron chi connectivity index (χ4n) is 2.01. The van der Waals surface area contributed by atoms with Crippen molar-refractivity contribution in [3.8, 4) is 0 Å². The highest BCUT2D eigenvalue weighted by molar-refractivity contribution is 9.12. The highest BCUT2D eigenvalue weighted by Gasteiger charge is 2.31. The third-order valence-electron chi connectivity index (χ3n) is 3.20. The molecule has 1 amide bonds. The van der Waals surface area contributed by atoms with Gasteiger partial charge in [-0.2, -0.15) is 17.0 Å². The van der Waals surface area contributed by atoms with Gasteiger partial charge in [-0.3, -0.25) is 4.79 Å². The summed E-state index contributed by atoms with van der Waals surface area (Å²) >= 11 is 8.17. The van der Waals surface area contributed by atoms with Gasteiger partial charge in [0.05, 0.1) is 13.1 Å². The highest BCUT2D eigenvalue weighted by Crippen LogP contribution is 2.32. The summed E-state index contributed by atoms with van der Waals surface area (Å²) in [5, 5.41) is 0. The zero-order valence-corrected chi connectivity index (χ0v) is 16.3. The summed E-state index contributed by atoms with van der Waals surface area (Å²) in [6.45, 7) is 1.42. The normalized spacial score (nSPS) is 17.5. The zero-order valence-electron chi connectivity index (χ0n) is 11.5. The summed E-state index contributed by atoms with van der Waals surface area (Å²) in [5.74, 6) is -0.0780. The molecule has 0 aromatic carbocycles. The number of rotatable bonds is 3. The van der Waals surface area contributed by atoms with E-state index in [0.717, 1.165) is 7.57 Å². The van der Waals surface area contributed by atoms with Crippen molar-refractivity contribution in [3.05, 3.63) is 19.2 Å². The molecular weight excluding hydrogens is 446 g/mol. The van der Waals surface area contributed by atoms with Crippen LogP contribution in [0.1, 0.15) is 10.4 Å². The minimum absolute atomic E-state index is 0.0780. The van der Waals surface area contributed by atoms with Crippen molar-refractivity contribution in [1.29, 1.82) is 0 Å². The van der Waals surface area contributed by atoms with Crippen molar-refractivity contribution >= 4 is 59.3 Å². The minimum atomic E-state index is -3.40. The predicted molar refractivity (Wildman–Crippen MR) is 89.8 cm³/mol. The summed E-state index contributed by atoms with van der Waals surface area (Å²) in [7, 11) is -0.390. The second-order valence-corrected chi connectivity index (χ2v) is 10.6. The number of amides is 1. The van der Waals surface area contributed by atoms with Crippen LogP contribution in [0.25, 0.3) is 0 Å². The first-order valence-electron chi connectivity index (χ1n) is 6.15. The third kappa shape index (κ3) is 3.67. The van der Waals surface area contributed by atoms with Gasteiger partial charge >= 0.3 is 0 Å². The van der Waals surface area contributed by atoms with Crippen molar-refractivity contribution in [2.24, 2.45) is 0 Å². The molecule has 0 bridgehead atoms. The lowest BCUT2D eigenvalue weighted by Crippen LogP contribution is -2.53. The van der Waals surface area contributed by atoms with Gasteiger partial charge in [-0.05, 0) is 37.9 Å². The molecule has 2 rings (SSSR count). The van der Waals surface area contributed by atoms with E-state index in [-0.39, 0.29) is 5.91 Å². The lowest BCUT2D eigenvalue weighted by atomic mass is 10.2. The fourth-order valence-corrected chi connectivity index (χ4v) is 5.87. The molecule has 0 spiro atoms. The third-order valence-corrected chi connectivity index (χ3v) is 7.48. The van der Waals surface area contributed by atoms with Gasteiger partial charge < -0.3 is 4.90 Å². The van der Waals surface area contributed by atoms with Crippen LogP contribution in [-0.4, -0.2) is 68.1 Å². The molecule has 0 unspecified atom stereocenters. The van der Waals surface area contributed by atoms with Crippen LogP contribution < -0.4 is 0 Å². The number of piperazine rings is 1. The Bertz CT molecular complexity index is 637.